The van der Waals surface area contributed by atoms with Crippen LogP contribution in [0.1, 0.15) is 0 Å². The Morgan fingerprint density at radius 1 is 0.619 bits per heavy atom. The van der Waals surface area contributed by atoms with E-state index in [2.05, 4.69) is 0 Å². The van der Waals surface area contributed by atoms with Crippen molar-refractivity contribution in [2.24, 2.45) is 0 Å². The molecule has 3 aromatic carbocycles. The molecule has 0 saturated heterocycles. The standard InChI is InChI=1S/C19H18FP/c20-16-21(17-10-4-1-5-11-17,18-12-6-2-7-13-18)19-14-8-3-9-15-19/h1-15,21H,16H2/i21D. The van der Waals surface area contributed by atoms with Crippen LogP contribution in [0.15, 0.2) is 91.0 Å². The van der Waals surface area contributed by atoms with Gasteiger partial charge in [0.2, 0.25) is 0 Å². The quantitative estimate of drug-likeness (QED) is 0.645. The van der Waals surface area contributed by atoms with Gasteiger partial charge in [0.15, 0.2) is 0 Å². The van der Waals surface area contributed by atoms with Gasteiger partial charge in [-0.3, -0.25) is 0 Å². The normalized spacial score (nSPS) is 14.0. The number of halogens is 1. The van der Waals surface area contributed by atoms with Crippen LogP contribution in [0.3, 0.4) is 0 Å². The van der Waals surface area contributed by atoms with E-state index in [1.807, 2.05) is 91.0 Å². The number of benzene rings is 3. The van der Waals surface area contributed by atoms with E-state index < -0.39 is 13.6 Å². The van der Waals surface area contributed by atoms with E-state index in [0.29, 0.717) is 0 Å². The summed E-state index contributed by atoms with van der Waals surface area (Å²) in [6, 6.07) is 28.3. The first-order valence-electron chi connectivity index (χ1n) is 7.43. The zero-order valence-electron chi connectivity index (χ0n) is 12.7. The molecule has 0 N–H and O–H groups in total. The third-order valence-electron chi connectivity index (χ3n) is 3.77. The van der Waals surface area contributed by atoms with Gasteiger partial charge in [0.1, 0.15) is 0 Å². The molecule has 21 heavy (non-hydrogen) atoms. The summed E-state index contributed by atoms with van der Waals surface area (Å²) in [5.74, 6) is 0. The van der Waals surface area contributed by atoms with Crippen molar-refractivity contribution in [3.63, 3.8) is 0 Å². The number of alkyl halides is 1. The zero-order valence-corrected chi connectivity index (χ0v) is 12.6. The van der Waals surface area contributed by atoms with E-state index in [4.69, 9.17) is 0 Å². The molecule has 3 rings (SSSR count). The summed E-state index contributed by atoms with van der Waals surface area (Å²) >= 11 is 0. The molecule has 3 aromatic rings. The second-order valence-electron chi connectivity index (χ2n) is 4.94. The van der Waals surface area contributed by atoms with Crippen molar-refractivity contribution in [3.05, 3.63) is 91.0 Å². The molecule has 0 heterocycles. The van der Waals surface area contributed by atoms with Crippen molar-refractivity contribution in [2.75, 3.05) is 6.42 Å². The van der Waals surface area contributed by atoms with E-state index in [0.717, 1.165) is 15.9 Å². The average Bonchev–Trinajstić information content (AvgIpc) is 2.63. The van der Waals surface area contributed by atoms with Crippen LogP contribution in [-0.4, -0.2) is 7.69 Å². The first kappa shape index (κ1) is 12.7. The molecule has 0 aliphatic rings. The maximum absolute atomic E-state index is 14.6. The van der Waals surface area contributed by atoms with Crippen molar-refractivity contribution in [1.29, 1.82) is 1.28 Å². The number of rotatable bonds is 4. The van der Waals surface area contributed by atoms with Crippen LogP contribution in [-0.2, 0) is 0 Å². The third kappa shape index (κ3) is 2.50. The molecule has 0 aromatic heterocycles. The van der Waals surface area contributed by atoms with Crippen LogP contribution in [0.25, 0.3) is 0 Å². The fourth-order valence-corrected chi connectivity index (χ4v) is 6.05. The summed E-state index contributed by atoms with van der Waals surface area (Å²) < 4.78 is 24.1. The van der Waals surface area contributed by atoms with Gasteiger partial charge in [-0.15, -0.1) is 0 Å². The van der Waals surface area contributed by atoms with Gasteiger partial charge in [-0.05, 0) is 0 Å². The molecule has 0 bridgehead atoms. The monoisotopic (exact) mass is 297 g/mol. The van der Waals surface area contributed by atoms with Crippen molar-refractivity contribution >= 4 is 23.1 Å². The topological polar surface area (TPSA) is 0 Å². The Balaban J connectivity index is 2.41. The second-order valence-corrected chi connectivity index (χ2v) is 8.34. The molecule has 0 radical (unpaired) electrons. The summed E-state index contributed by atoms with van der Waals surface area (Å²) in [4.78, 5) is 0. The van der Waals surface area contributed by atoms with Gasteiger partial charge in [0.05, 0.1) is 0 Å². The Morgan fingerprint density at radius 2 is 0.905 bits per heavy atom. The van der Waals surface area contributed by atoms with Gasteiger partial charge < -0.3 is 0 Å². The van der Waals surface area contributed by atoms with Gasteiger partial charge in [-0.1, -0.05) is 0 Å². The fourth-order valence-electron chi connectivity index (χ4n) is 2.70. The molecule has 0 spiro atoms. The molecule has 0 aliphatic heterocycles. The van der Waals surface area contributed by atoms with Gasteiger partial charge >= 0.3 is 126 Å². The van der Waals surface area contributed by atoms with E-state index in [1.54, 1.807) is 0 Å². The van der Waals surface area contributed by atoms with Crippen molar-refractivity contribution in [2.45, 2.75) is 0 Å². The van der Waals surface area contributed by atoms with Crippen molar-refractivity contribution in [3.8, 4) is 0 Å². The summed E-state index contributed by atoms with van der Waals surface area (Å²) in [6.07, 6.45) is -0.705. The predicted molar refractivity (Wildman–Crippen MR) is 92.5 cm³/mol. The van der Waals surface area contributed by atoms with Crippen LogP contribution in [0, 0.1) is 0 Å². The van der Waals surface area contributed by atoms with Crippen molar-refractivity contribution in [1.82, 2.24) is 0 Å². The zero-order chi connectivity index (χ0) is 15.5. The molecular weight excluding hydrogens is 278 g/mol. The molecule has 0 amide bonds. The fraction of sp³-hybridized carbons (Fsp3) is 0.0526. The van der Waals surface area contributed by atoms with Crippen LogP contribution < -0.4 is 15.9 Å². The Morgan fingerprint density at radius 3 is 1.14 bits per heavy atom. The Labute approximate surface area is 126 Å². The minimum absolute atomic E-state index is 0.705. The molecule has 106 valence electrons. The van der Waals surface area contributed by atoms with Crippen molar-refractivity contribution < 1.29 is 4.39 Å². The first-order valence-corrected chi connectivity index (χ1v) is 8.96. The van der Waals surface area contributed by atoms with E-state index in [1.165, 1.54) is 0 Å². The molecule has 0 aliphatic carbocycles. The van der Waals surface area contributed by atoms with Gasteiger partial charge in [0, 0.05) is 0 Å². The number of hydrogen-bond donors (Lipinski definition) is 0. The van der Waals surface area contributed by atoms with Gasteiger partial charge in [0.25, 0.3) is 0 Å². The van der Waals surface area contributed by atoms with Crippen LogP contribution in [0.5, 0.6) is 0 Å². The van der Waals surface area contributed by atoms with Gasteiger partial charge in [-0.25, -0.2) is 0 Å². The Bertz CT molecular complexity index is 645. The van der Waals surface area contributed by atoms with Crippen LogP contribution in [0.2, 0.25) is 0 Å². The third-order valence-corrected chi connectivity index (χ3v) is 7.67. The first-order chi connectivity index (χ1) is 10.7. The second kappa shape index (κ2) is 6.20. The molecule has 0 fully saturated rings. The summed E-state index contributed by atoms with van der Waals surface area (Å²) in [5.41, 5.74) is 0. The summed E-state index contributed by atoms with van der Waals surface area (Å²) in [6.45, 7) is 0. The van der Waals surface area contributed by atoms with Crippen LogP contribution >= 0.6 is 7.21 Å². The molecule has 2 heteroatoms. The Kier molecular flexibility index (Phi) is 3.76. The van der Waals surface area contributed by atoms with E-state index in [-0.39, 0.29) is 0 Å². The predicted octanol–water partition coefficient (Wildman–Crippen LogP) is 3.64. The minimum atomic E-state index is -3.82. The van der Waals surface area contributed by atoms with Gasteiger partial charge in [-0.2, -0.15) is 0 Å². The van der Waals surface area contributed by atoms with E-state index in [9.17, 15) is 5.67 Å². The van der Waals surface area contributed by atoms with Crippen LogP contribution in [0.4, 0.5) is 4.39 Å². The Hall–Kier alpha value is -1.98. The summed E-state index contributed by atoms with van der Waals surface area (Å²) in [7, 11) is -3.82. The summed E-state index contributed by atoms with van der Waals surface area (Å²) in [5, 5.41) is 2.27. The average molecular weight is 297 g/mol. The molecule has 0 nitrogen and oxygen atoms in total. The molecule has 0 saturated carbocycles. The van der Waals surface area contributed by atoms with E-state index >= 15 is 0 Å². The SMILES string of the molecule is [2H]P(CF)(c1ccccc1)(c1ccccc1)c1ccccc1. The molecule has 0 unspecified atom stereocenters. The molecular formula is C19H18FP. The number of hydrogen-bond acceptors (Lipinski definition) is 0. The molecule has 0 atom stereocenters. The maximum atomic E-state index is 14.6.